The van der Waals surface area contributed by atoms with E-state index in [0.717, 1.165) is 27.9 Å². The lowest BCUT2D eigenvalue weighted by atomic mass is 10.1. The Labute approximate surface area is 108 Å². The van der Waals surface area contributed by atoms with Gasteiger partial charge in [-0.2, -0.15) is 0 Å². The van der Waals surface area contributed by atoms with Crippen molar-refractivity contribution in [3.63, 3.8) is 0 Å². The summed E-state index contributed by atoms with van der Waals surface area (Å²) in [4.78, 5) is 4.67. The summed E-state index contributed by atoms with van der Waals surface area (Å²) < 4.78 is 3.28. The summed E-state index contributed by atoms with van der Waals surface area (Å²) in [7, 11) is 0. The van der Waals surface area contributed by atoms with Gasteiger partial charge in [-0.25, -0.2) is 4.98 Å². The molecular weight excluding hydrogens is 288 g/mol. The molecule has 1 aromatic carbocycles. The minimum atomic E-state index is 0.595. The molecule has 0 bridgehead atoms. The number of rotatable bonds is 1. The topological polar surface area (TPSA) is 17.8 Å². The SMILES string of the molecule is CC[C@H]1CCc2nc3cc(Br)c(Cl)cc3n21. The molecule has 0 aliphatic carbocycles. The Balaban J connectivity index is 2.30. The van der Waals surface area contributed by atoms with Crippen LogP contribution in [0.1, 0.15) is 31.6 Å². The first kappa shape index (κ1) is 10.6. The molecule has 1 aromatic heterocycles. The van der Waals surface area contributed by atoms with E-state index in [0.29, 0.717) is 6.04 Å². The fourth-order valence-electron chi connectivity index (χ4n) is 2.54. The number of hydrogen-bond donors (Lipinski definition) is 0. The molecule has 0 radical (unpaired) electrons. The number of fused-ring (bicyclic) bond motifs is 3. The van der Waals surface area contributed by atoms with Crippen LogP contribution in [0, 0.1) is 0 Å². The number of halogens is 2. The number of nitrogens with zero attached hydrogens (tertiary/aromatic N) is 2. The van der Waals surface area contributed by atoms with Crippen molar-refractivity contribution < 1.29 is 0 Å². The molecule has 0 fully saturated rings. The zero-order valence-electron chi connectivity index (χ0n) is 9.00. The van der Waals surface area contributed by atoms with Crippen LogP contribution in [-0.4, -0.2) is 9.55 Å². The van der Waals surface area contributed by atoms with Gasteiger partial charge in [-0.05, 0) is 40.9 Å². The lowest BCUT2D eigenvalue weighted by molar-refractivity contribution is 0.524. The van der Waals surface area contributed by atoms with Gasteiger partial charge in [0.25, 0.3) is 0 Å². The van der Waals surface area contributed by atoms with Gasteiger partial charge in [0.2, 0.25) is 0 Å². The van der Waals surface area contributed by atoms with Crippen LogP contribution in [0.2, 0.25) is 5.02 Å². The van der Waals surface area contributed by atoms with E-state index in [4.69, 9.17) is 11.6 Å². The minimum absolute atomic E-state index is 0.595. The minimum Gasteiger partial charge on any atom is -0.325 e. The molecule has 4 heteroatoms. The molecule has 0 amide bonds. The van der Waals surface area contributed by atoms with Crippen LogP contribution in [-0.2, 0) is 6.42 Å². The van der Waals surface area contributed by atoms with E-state index in [2.05, 4.69) is 32.4 Å². The van der Waals surface area contributed by atoms with Crippen molar-refractivity contribution in [3.8, 4) is 0 Å². The Kier molecular flexibility index (Phi) is 2.48. The average molecular weight is 300 g/mol. The third-order valence-corrected chi connectivity index (χ3v) is 4.54. The van der Waals surface area contributed by atoms with Crippen LogP contribution in [0.15, 0.2) is 16.6 Å². The van der Waals surface area contributed by atoms with Gasteiger partial charge in [0.15, 0.2) is 0 Å². The maximum Gasteiger partial charge on any atom is 0.110 e. The Hall–Kier alpha value is -0.540. The number of imidazole rings is 1. The maximum absolute atomic E-state index is 6.15. The summed E-state index contributed by atoms with van der Waals surface area (Å²) in [5.41, 5.74) is 2.22. The van der Waals surface area contributed by atoms with Crippen molar-refractivity contribution in [1.82, 2.24) is 9.55 Å². The number of aryl methyl sites for hydroxylation is 1. The third-order valence-electron chi connectivity index (χ3n) is 3.34. The Morgan fingerprint density at radius 1 is 1.56 bits per heavy atom. The van der Waals surface area contributed by atoms with Gasteiger partial charge >= 0.3 is 0 Å². The summed E-state index contributed by atoms with van der Waals surface area (Å²) in [6, 6.07) is 4.62. The highest BCUT2D eigenvalue weighted by Crippen LogP contribution is 2.35. The molecule has 3 rings (SSSR count). The van der Waals surface area contributed by atoms with E-state index in [9.17, 15) is 0 Å². The fourth-order valence-corrected chi connectivity index (χ4v) is 3.02. The molecule has 2 nitrogen and oxygen atoms in total. The highest BCUT2D eigenvalue weighted by Gasteiger charge is 2.24. The Morgan fingerprint density at radius 3 is 3.12 bits per heavy atom. The molecule has 1 aliphatic heterocycles. The lowest BCUT2D eigenvalue weighted by Crippen LogP contribution is -2.01. The Bertz CT molecular complexity index is 562. The van der Waals surface area contributed by atoms with Crippen LogP contribution in [0.25, 0.3) is 11.0 Å². The molecule has 16 heavy (non-hydrogen) atoms. The van der Waals surface area contributed by atoms with Gasteiger partial charge in [0.1, 0.15) is 5.82 Å². The molecule has 1 aliphatic rings. The number of aromatic nitrogens is 2. The van der Waals surface area contributed by atoms with Crippen molar-refractivity contribution in [1.29, 1.82) is 0 Å². The summed E-state index contributed by atoms with van der Waals surface area (Å²) >= 11 is 9.59. The average Bonchev–Trinajstić information content (AvgIpc) is 2.78. The van der Waals surface area contributed by atoms with Crippen molar-refractivity contribution >= 4 is 38.6 Å². The number of hydrogen-bond acceptors (Lipinski definition) is 1. The maximum atomic E-state index is 6.15. The van der Waals surface area contributed by atoms with Gasteiger partial charge in [0, 0.05) is 16.9 Å². The van der Waals surface area contributed by atoms with Gasteiger partial charge in [-0.1, -0.05) is 18.5 Å². The first-order chi connectivity index (χ1) is 7.70. The molecule has 0 N–H and O–H groups in total. The van der Waals surface area contributed by atoms with E-state index in [1.54, 1.807) is 0 Å². The summed E-state index contributed by atoms with van der Waals surface area (Å²) in [5.74, 6) is 1.20. The molecule has 2 aromatic rings. The molecule has 84 valence electrons. The predicted molar refractivity (Wildman–Crippen MR) is 70.1 cm³/mol. The molecule has 0 saturated heterocycles. The lowest BCUT2D eigenvalue weighted by Gasteiger charge is -2.11. The molecule has 2 heterocycles. The normalized spacial score (nSPS) is 19.3. The van der Waals surface area contributed by atoms with E-state index < -0.39 is 0 Å². The smallest absolute Gasteiger partial charge is 0.110 e. The van der Waals surface area contributed by atoms with Gasteiger partial charge in [-0.3, -0.25) is 0 Å². The first-order valence-corrected chi connectivity index (χ1v) is 6.73. The van der Waals surface area contributed by atoms with Crippen molar-refractivity contribution in [2.75, 3.05) is 0 Å². The highest BCUT2D eigenvalue weighted by atomic mass is 79.9. The van der Waals surface area contributed by atoms with Gasteiger partial charge in [0.05, 0.1) is 16.1 Å². The summed E-state index contributed by atoms with van der Waals surface area (Å²) in [6.45, 7) is 2.23. The standard InChI is InChI=1S/C12H12BrClN2/c1-2-7-3-4-12-15-10-5-8(13)9(14)6-11(10)16(7)12/h5-7H,2-4H2,1H3/t7-/m0/s1. The molecular formula is C12H12BrClN2. The summed E-state index contributed by atoms with van der Waals surface area (Å²) in [6.07, 6.45) is 3.46. The quantitative estimate of drug-likeness (QED) is 0.765. The van der Waals surface area contributed by atoms with Crippen LogP contribution < -0.4 is 0 Å². The second-order valence-corrected chi connectivity index (χ2v) is 5.52. The zero-order chi connectivity index (χ0) is 11.3. The van der Waals surface area contributed by atoms with Crippen LogP contribution in [0.4, 0.5) is 0 Å². The van der Waals surface area contributed by atoms with E-state index in [1.807, 2.05) is 12.1 Å². The molecule has 1 atom stereocenters. The third kappa shape index (κ3) is 1.41. The van der Waals surface area contributed by atoms with Crippen LogP contribution in [0.5, 0.6) is 0 Å². The fraction of sp³-hybridized carbons (Fsp3) is 0.417. The Morgan fingerprint density at radius 2 is 2.38 bits per heavy atom. The van der Waals surface area contributed by atoms with Crippen molar-refractivity contribution in [2.24, 2.45) is 0 Å². The second-order valence-electron chi connectivity index (χ2n) is 4.25. The van der Waals surface area contributed by atoms with Crippen molar-refractivity contribution in [3.05, 3.63) is 27.5 Å². The van der Waals surface area contributed by atoms with Crippen molar-refractivity contribution in [2.45, 2.75) is 32.2 Å². The largest absolute Gasteiger partial charge is 0.325 e. The van der Waals surface area contributed by atoms with E-state index >= 15 is 0 Å². The second kappa shape index (κ2) is 3.74. The predicted octanol–water partition coefficient (Wildman–Crippen LogP) is 4.35. The van der Waals surface area contributed by atoms with E-state index in [-0.39, 0.29) is 0 Å². The zero-order valence-corrected chi connectivity index (χ0v) is 11.3. The van der Waals surface area contributed by atoms with Gasteiger partial charge < -0.3 is 4.57 Å². The van der Waals surface area contributed by atoms with Crippen LogP contribution >= 0.6 is 27.5 Å². The summed E-state index contributed by atoms with van der Waals surface area (Å²) in [5, 5.41) is 0.761. The number of benzene rings is 1. The molecule has 0 spiro atoms. The van der Waals surface area contributed by atoms with E-state index in [1.165, 1.54) is 17.8 Å². The van der Waals surface area contributed by atoms with Crippen LogP contribution in [0.3, 0.4) is 0 Å². The van der Waals surface area contributed by atoms with Gasteiger partial charge in [-0.15, -0.1) is 0 Å². The highest BCUT2D eigenvalue weighted by molar-refractivity contribution is 9.10. The monoisotopic (exact) mass is 298 g/mol. The molecule has 0 unspecified atom stereocenters. The first-order valence-electron chi connectivity index (χ1n) is 5.56. The molecule has 0 saturated carbocycles.